The van der Waals surface area contributed by atoms with E-state index in [1.165, 1.54) is 0 Å². The summed E-state index contributed by atoms with van der Waals surface area (Å²) in [6, 6.07) is 23.2. The number of benzene rings is 4. The number of ether oxygens (including phenoxy) is 4. The van der Waals surface area contributed by atoms with Crippen LogP contribution in [0.4, 0.5) is 0 Å². The molecule has 0 atom stereocenters. The molecule has 0 saturated heterocycles. The first-order chi connectivity index (χ1) is 21.1. The van der Waals surface area contributed by atoms with Gasteiger partial charge in [-0.05, 0) is 0 Å². The number of rotatable bonds is 10. The van der Waals surface area contributed by atoms with E-state index >= 15 is 0 Å². The molecule has 0 bridgehead atoms. The van der Waals surface area contributed by atoms with Gasteiger partial charge < -0.3 is 0 Å². The van der Waals surface area contributed by atoms with Gasteiger partial charge in [0, 0.05) is 0 Å². The van der Waals surface area contributed by atoms with Crippen molar-refractivity contribution in [3.05, 3.63) is 84.2 Å². The summed E-state index contributed by atoms with van der Waals surface area (Å²) >= 11 is -0.469. The van der Waals surface area contributed by atoms with Gasteiger partial charge in [0.05, 0.1) is 0 Å². The van der Waals surface area contributed by atoms with Gasteiger partial charge in [0.25, 0.3) is 0 Å². The van der Waals surface area contributed by atoms with Gasteiger partial charge in [0.1, 0.15) is 0 Å². The number of H-pyrrole nitrogens is 2. The molecule has 2 N–H and O–H groups in total. The Kier molecular flexibility index (Phi) is 7.67. The molecule has 4 aromatic carbocycles. The van der Waals surface area contributed by atoms with E-state index in [0.717, 1.165) is 65.6 Å². The molecule has 8 nitrogen and oxygen atoms in total. The minimum atomic E-state index is -0.469. The first-order valence-corrected chi connectivity index (χ1v) is 15.1. The number of fused-ring (bicyclic) bond motifs is 2. The molecular weight excluding hydrogens is 611 g/mol. The molecule has 0 radical (unpaired) electrons. The van der Waals surface area contributed by atoms with Crippen molar-refractivity contribution in [1.82, 2.24) is 9.97 Å². The number of hydrogen-bond donors (Lipinski definition) is 2. The number of aromatic amines is 2. The van der Waals surface area contributed by atoms with Gasteiger partial charge in [-0.25, -0.2) is 0 Å². The van der Waals surface area contributed by atoms with Crippen molar-refractivity contribution in [2.24, 2.45) is 0 Å². The Morgan fingerprint density at radius 2 is 0.930 bits per heavy atom. The molecular formula is C34H28N2O6Se. The number of carbonyl (C=O) groups excluding carboxylic acids is 2. The number of aromatic nitrogens is 2. The SMILES string of the molecule is COc1cc(OC)c2c(-c3ccccc3)c(C=O)[nH]c2c1[Se]c1c(OC)cc(OC)c2c(-c3ccccc3)c(C=O)[nH]c12. The van der Waals surface area contributed by atoms with Crippen LogP contribution in [0.2, 0.25) is 0 Å². The molecule has 0 fully saturated rings. The molecule has 0 aliphatic rings. The Morgan fingerprint density at radius 3 is 1.26 bits per heavy atom. The summed E-state index contributed by atoms with van der Waals surface area (Å²) in [5.41, 5.74) is 5.61. The summed E-state index contributed by atoms with van der Waals surface area (Å²) in [6.45, 7) is 0. The molecule has 0 saturated carbocycles. The van der Waals surface area contributed by atoms with Gasteiger partial charge in [-0.2, -0.15) is 0 Å². The van der Waals surface area contributed by atoms with Gasteiger partial charge in [0.15, 0.2) is 0 Å². The van der Waals surface area contributed by atoms with Gasteiger partial charge in [0.2, 0.25) is 0 Å². The summed E-state index contributed by atoms with van der Waals surface area (Å²) < 4.78 is 25.2. The minimum absolute atomic E-state index is 0.436. The monoisotopic (exact) mass is 640 g/mol. The summed E-state index contributed by atoms with van der Waals surface area (Å²) in [6.07, 6.45) is 1.65. The first kappa shape index (κ1) is 28.2. The van der Waals surface area contributed by atoms with E-state index in [-0.39, 0.29) is 0 Å². The summed E-state index contributed by atoms with van der Waals surface area (Å²) in [4.78, 5) is 31.5. The van der Waals surface area contributed by atoms with Crippen LogP contribution in [0.5, 0.6) is 23.0 Å². The Bertz CT molecular complexity index is 1840. The van der Waals surface area contributed by atoms with Crippen molar-refractivity contribution < 1.29 is 28.5 Å². The molecule has 6 rings (SSSR count). The second-order valence-electron chi connectivity index (χ2n) is 9.62. The molecule has 43 heavy (non-hydrogen) atoms. The molecule has 9 heteroatoms. The van der Waals surface area contributed by atoms with Gasteiger partial charge in [-0.15, -0.1) is 0 Å². The fraction of sp³-hybridized carbons (Fsp3) is 0.118. The Morgan fingerprint density at radius 1 is 0.558 bits per heavy atom. The zero-order valence-corrected chi connectivity index (χ0v) is 25.7. The van der Waals surface area contributed by atoms with Crippen LogP contribution >= 0.6 is 0 Å². The van der Waals surface area contributed by atoms with E-state index in [4.69, 9.17) is 18.9 Å². The van der Waals surface area contributed by atoms with E-state index in [9.17, 15) is 9.59 Å². The van der Waals surface area contributed by atoms with Crippen LogP contribution in [0.1, 0.15) is 21.0 Å². The van der Waals surface area contributed by atoms with Gasteiger partial charge in [-0.1, -0.05) is 0 Å². The molecule has 216 valence electrons. The van der Waals surface area contributed by atoms with Crippen LogP contribution < -0.4 is 27.9 Å². The zero-order valence-electron chi connectivity index (χ0n) is 23.9. The summed E-state index contributed by atoms with van der Waals surface area (Å²) in [5, 5.41) is 1.56. The molecule has 0 spiro atoms. The van der Waals surface area contributed by atoms with Crippen LogP contribution in [0.15, 0.2) is 72.8 Å². The Balaban J connectivity index is 1.68. The average Bonchev–Trinajstić information content (AvgIpc) is 3.65. The standard InChI is InChI=1S/C34H28N2O6Se/c1-39-23-15-25(41-3)33(31-29(23)27(21(17-37)35-31)19-11-7-5-8-12-19)43-34-26(42-4)16-24(40-2)30-28(20-13-9-6-10-14-20)22(18-38)36-32(30)34/h5-18,35-36H,1-4H3. The summed E-state index contributed by atoms with van der Waals surface area (Å²) in [5.74, 6) is 2.35. The molecule has 6 aromatic rings. The summed E-state index contributed by atoms with van der Waals surface area (Å²) in [7, 11) is 6.41. The fourth-order valence-electron chi connectivity index (χ4n) is 5.55. The average molecular weight is 640 g/mol. The molecule has 2 aromatic heterocycles. The van der Waals surface area contributed by atoms with E-state index in [0.29, 0.717) is 34.4 Å². The van der Waals surface area contributed by atoms with E-state index in [1.807, 2.05) is 72.8 Å². The molecule has 0 amide bonds. The second-order valence-corrected chi connectivity index (χ2v) is 11.8. The number of hydrogen-bond acceptors (Lipinski definition) is 6. The normalized spacial score (nSPS) is 11.1. The zero-order chi connectivity index (χ0) is 30.1. The second kappa shape index (κ2) is 11.7. The maximum absolute atomic E-state index is 12.4. The quantitative estimate of drug-likeness (QED) is 0.156. The molecule has 0 aliphatic carbocycles. The van der Waals surface area contributed by atoms with Crippen molar-refractivity contribution in [2.75, 3.05) is 28.4 Å². The number of aldehydes is 2. The molecule has 0 aliphatic heterocycles. The predicted octanol–water partition coefficient (Wildman–Crippen LogP) is 5.30. The van der Waals surface area contributed by atoms with Crippen molar-refractivity contribution >= 4 is 58.3 Å². The van der Waals surface area contributed by atoms with Crippen molar-refractivity contribution in [3.8, 4) is 45.3 Å². The molecule has 2 heterocycles. The number of nitrogens with one attached hydrogen (secondary N) is 2. The van der Waals surface area contributed by atoms with E-state index < -0.39 is 15.0 Å². The topological polar surface area (TPSA) is 103 Å². The van der Waals surface area contributed by atoms with E-state index in [1.54, 1.807) is 28.4 Å². The van der Waals surface area contributed by atoms with Crippen LogP contribution in [0.3, 0.4) is 0 Å². The first-order valence-electron chi connectivity index (χ1n) is 13.4. The Labute approximate surface area is 254 Å². The van der Waals surface area contributed by atoms with Crippen LogP contribution in [-0.2, 0) is 0 Å². The third-order valence-electron chi connectivity index (χ3n) is 7.42. The van der Waals surface area contributed by atoms with Crippen LogP contribution in [0, 0.1) is 0 Å². The van der Waals surface area contributed by atoms with Gasteiger partial charge >= 0.3 is 255 Å². The number of carbonyl (C=O) groups is 2. The predicted molar refractivity (Wildman–Crippen MR) is 169 cm³/mol. The van der Waals surface area contributed by atoms with Crippen molar-refractivity contribution in [3.63, 3.8) is 0 Å². The van der Waals surface area contributed by atoms with Crippen molar-refractivity contribution in [2.45, 2.75) is 0 Å². The maximum atomic E-state index is 12.4. The van der Waals surface area contributed by atoms with Gasteiger partial charge in [-0.3, -0.25) is 0 Å². The molecule has 0 unspecified atom stereocenters. The van der Waals surface area contributed by atoms with Crippen LogP contribution in [0.25, 0.3) is 44.1 Å². The number of methoxy groups -OCH3 is 4. The Hall–Kier alpha value is -4.98. The van der Waals surface area contributed by atoms with E-state index in [2.05, 4.69) is 9.97 Å². The van der Waals surface area contributed by atoms with Crippen molar-refractivity contribution in [1.29, 1.82) is 0 Å². The van der Waals surface area contributed by atoms with Crippen LogP contribution in [-0.4, -0.2) is 65.9 Å². The fourth-order valence-corrected chi connectivity index (χ4v) is 8.07. The third-order valence-corrected chi connectivity index (χ3v) is 9.98. The third kappa shape index (κ3) is 4.63.